The first kappa shape index (κ1) is 7.28. The minimum Gasteiger partial charge on any atom is -0.373 e. The molecule has 1 heteroatoms. The van der Waals surface area contributed by atoms with E-state index in [9.17, 15) is 0 Å². The molecule has 0 amide bonds. The number of hydrogen-bond donors (Lipinski definition) is 0. The van der Waals surface area contributed by atoms with E-state index in [0.29, 0.717) is 11.5 Å². The third-order valence-corrected chi connectivity index (χ3v) is 5.10. The summed E-state index contributed by atoms with van der Waals surface area (Å²) in [5.41, 5.74) is 0.689. The van der Waals surface area contributed by atoms with Crippen LogP contribution in [0.4, 0.5) is 0 Å². The smallest absolute Gasteiger partial charge is 0.0866 e. The Bertz CT molecular complexity index is 206. The van der Waals surface area contributed by atoms with E-state index >= 15 is 0 Å². The summed E-state index contributed by atoms with van der Waals surface area (Å²) >= 11 is 0. The van der Waals surface area contributed by atoms with Crippen LogP contribution in [0.15, 0.2) is 0 Å². The van der Waals surface area contributed by atoms with Crippen molar-refractivity contribution in [2.45, 2.75) is 44.6 Å². The van der Waals surface area contributed by atoms with Crippen molar-refractivity contribution in [1.82, 2.24) is 0 Å². The summed E-state index contributed by atoms with van der Waals surface area (Å²) in [4.78, 5) is 0. The van der Waals surface area contributed by atoms with Gasteiger partial charge < -0.3 is 4.74 Å². The van der Waals surface area contributed by atoms with E-state index in [4.69, 9.17) is 4.74 Å². The Morgan fingerprint density at radius 1 is 0.846 bits per heavy atom. The van der Waals surface area contributed by atoms with Gasteiger partial charge in [0.2, 0.25) is 0 Å². The normalized spacial score (nSPS) is 62.8. The Labute approximate surface area is 79.8 Å². The van der Waals surface area contributed by atoms with E-state index in [1.807, 2.05) is 0 Å². The van der Waals surface area contributed by atoms with Gasteiger partial charge >= 0.3 is 0 Å². The average Bonchev–Trinajstić information content (AvgIpc) is 2.81. The van der Waals surface area contributed by atoms with E-state index in [1.165, 1.54) is 19.3 Å². The molecule has 5 aliphatic rings. The molecule has 72 valence electrons. The topological polar surface area (TPSA) is 12.5 Å². The second-order valence-electron chi connectivity index (χ2n) is 6.10. The molecule has 5 fully saturated rings. The molecule has 0 N–H and O–H groups in total. The van der Waals surface area contributed by atoms with Crippen LogP contribution in [0, 0.1) is 23.2 Å². The molecule has 0 spiro atoms. The zero-order valence-electron chi connectivity index (χ0n) is 8.17. The van der Waals surface area contributed by atoms with Crippen molar-refractivity contribution in [3.63, 3.8) is 0 Å². The second kappa shape index (κ2) is 2.13. The summed E-state index contributed by atoms with van der Waals surface area (Å²) < 4.78 is 5.59. The van der Waals surface area contributed by atoms with Crippen LogP contribution in [0.25, 0.3) is 0 Å². The van der Waals surface area contributed by atoms with Crippen LogP contribution in [0.2, 0.25) is 0 Å². The van der Waals surface area contributed by atoms with Crippen LogP contribution in [0.5, 0.6) is 0 Å². The van der Waals surface area contributed by atoms with E-state index in [0.717, 1.165) is 24.4 Å². The Morgan fingerprint density at radius 3 is 1.69 bits per heavy atom. The number of rotatable bonds is 1. The van der Waals surface area contributed by atoms with Gasteiger partial charge in [0.15, 0.2) is 0 Å². The molecule has 4 aliphatic carbocycles. The highest BCUT2D eigenvalue weighted by atomic mass is 16.6. The lowest BCUT2D eigenvalue weighted by Gasteiger charge is -2.56. The lowest BCUT2D eigenvalue weighted by atomic mass is 9.49. The first-order chi connectivity index (χ1) is 6.34. The zero-order valence-corrected chi connectivity index (χ0v) is 8.17. The quantitative estimate of drug-likeness (QED) is 0.562. The lowest BCUT2D eigenvalue weighted by molar-refractivity contribution is -0.0668. The molecular weight excluding hydrogens is 160 g/mol. The molecule has 5 rings (SSSR count). The van der Waals surface area contributed by atoms with Gasteiger partial charge in [0.1, 0.15) is 0 Å². The summed E-state index contributed by atoms with van der Waals surface area (Å²) in [6, 6.07) is 0. The molecule has 1 saturated heterocycles. The summed E-state index contributed by atoms with van der Waals surface area (Å²) in [7, 11) is 0. The van der Waals surface area contributed by atoms with Crippen molar-refractivity contribution in [3.8, 4) is 0 Å². The van der Waals surface area contributed by atoms with Gasteiger partial charge in [0.25, 0.3) is 0 Å². The molecule has 0 unspecified atom stereocenters. The molecule has 0 aromatic heterocycles. The predicted octanol–water partition coefficient (Wildman–Crippen LogP) is 2.60. The molecule has 1 nitrogen and oxygen atoms in total. The molecule has 0 radical (unpaired) electrons. The van der Waals surface area contributed by atoms with Crippen LogP contribution in [0.3, 0.4) is 0 Å². The third kappa shape index (κ3) is 0.918. The van der Waals surface area contributed by atoms with E-state index in [1.54, 1.807) is 19.3 Å². The maximum atomic E-state index is 5.59. The van der Waals surface area contributed by atoms with Crippen LogP contribution in [-0.2, 0) is 4.74 Å². The number of epoxide rings is 1. The zero-order chi connectivity index (χ0) is 8.47. The SMILES string of the molecule is C1C2CC3CC1CC([C@@H]1CO1)(C2)C3. The molecular formula is C12H18O. The molecule has 4 bridgehead atoms. The van der Waals surface area contributed by atoms with Crippen molar-refractivity contribution in [2.75, 3.05) is 6.61 Å². The summed E-state index contributed by atoms with van der Waals surface area (Å²) in [5, 5.41) is 0. The van der Waals surface area contributed by atoms with Crippen LogP contribution < -0.4 is 0 Å². The van der Waals surface area contributed by atoms with Gasteiger partial charge in [-0.15, -0.1) is 0 Å². The van der Waals surface area contributed by atoms with E-state index in [-0.39, 0.29) is 0 Å². The Hall–Kier alpha value is -0.0400. The van der Waals surface area contributed by atoms with Gasteiger partial charge in [-0.2, -0.15) is 0 Å². The molecule has 1 heterocycles. The monoisotopic (exact) mass is 178 g/mol. The lowest BCUT2D eigenvalue weighted by Crippen LogP contribution is -2.48. The highest BCUT2D eigenvalue weighted by Crippen LogP contribution is 2.63. The number of hydrogen-bond acceptors (Lipinski definition) is 1. The molecule has 13 heavy (non-hydrogen) atoms. The number of ether oxygens (including phenoxy) is 1. The van der Waals surface area contributed by atoms with Gasteiger partial charge in [0, 0.05) is 0 Å². The van der Waals surface area contributed by atoms with E-state index in [2.05, 4.69) is 0 Å². The standard InChI is InChI=1S/C12H18O/c1-8-2-10-3-9(1)5-12(4-8,6-10)11-7-13-11/h8-11H,1-7H2/t8?,9?,10?,11-,12?/m0/s1. The summed E-state index contributed by atoms with van der Waals surface area (Å²) in [6.45, 7) is 1.09. The van der Waals surface area contributed by atoms with Crippen LogP contribution in [-0.4, -0.2) is 12.7 Å². The first-order valence-electron chi connectivity index (χ1n) is 5.96. The minimum absolute atomic E-state index is 0.689. The maximum absolute atomic E-state index is 5.59. The molecule has 0 aromatic carbocycles. The highest BCUT2D eigenvalue weighted by Gasteiger charge is 2.57. The van der Waals surface area contributed by atoms with Crippen molar-refractivity contribution in [2.24, 2.45) is 23.2 Å². The minimum atomic E-state index is 0.689. The van der Waals surface area contributed by atoms with Gasteiger partial charge in [-0.3, -0.25) is 0 Å². The van der Waals surface area contributed by atoms with Crippen molar-refractivity contribution in [3.05, 3.63) is 0 Å². The average molecular weight is 178 g/mol. The highest BCUT2D eigenvalue weighted by molar-refractivity contribution is 5.07. The van der Waals surface area contributed by atoms with Gasteiger partial charge in [-0.1, -0.05) is 0 Å². The predicted molar refractivity (Wildman–Crippen MR) is 50.3 cm³/mol. The fraction of sp³-hybridized carbons (Fsp3) is 1.00. The summed E-state index contributed by atoms with van der Waals surface area (Å²) in [5.74, 6) is 3.28. The fourth-order valence-electron chi connectivity index (χ4n) is 4.97. The Balaban J connectivity index is 1.71. The Kier molecular flexibility index (Phi) is 1.19. The van der Waals surface area contributed by atoms with Crippen molar-refractivity contribution in [1.29, 1.82) is 0 Å². The largest absolute Gasteiger partial charge is 0.373 e. The van der Waals surface area contributed by atoms with Gasteiger partial charge in [0.05, 0.1) is 12.7 Å². The first-order valence-corrected chi connectivity index (χ1v) is 5.96. The maximum Gasteiger partial charge on any atom is 0.0866 e. The van der Waals surface area contributed by atoms with Crippen molar-refractivity contribution < 1.29 is 4.74 Å². The fourth-order valence-corrected chi connectivity index (χ4v) is 4.97. The van der Waals surface area contributed by atoms with Crippen LogP contribution in [0.1, 0.15) is 38.5 Å². The molecule has 1 aliphatic heterocycles. The molecule has 1 atom stereocenters. The molecule has 0 aromatic rings. The Morgan fingerprint density at radius 2 is 1.31 bits per heavy atom. The third-order valence-electron chi connectivity index (χ3n) is 5.10. The molecule has 4 saturated carbocycles. The van der Waals surface area contributed by atoms with Crippen LogP contribution >= 0.6 is 0 Å². The van der Waals surface area contributed by atoms with Crippen molar-refractivity contribution >= 4 is 0 Å². The summed E-state index contributed by atoms with van der Waals surface area (Å²) in [6.07, 6.45) is 9.93. The van der Waals surface area contributed by atoms with E-state index < -0.39 is 0 Å². The van der Waals surface area contributed by atoms with Gasteiger partial charge in [-0.25, -0.2) is 0 Å². The van der Waals surface area contributed by atoms with Gasteiger partial charge in [-0.05, 0) is 61.7 Å². The second-order valence-corrected chi connectivity index (χ2v) is 6.10.